The summed E-state index contributed by atoms with van der Waals surface area (Å²) in [5.41, 5.74) is 9.14. The lowest BCUT2D eigenvalue weighted by molar-refractivity contribution is 0.0601. The average molecular weight is 510 g/mol. The molecule has 0 atom stereocenters. The summed E-state index contributed by atoms with van der Waals surface area (Å²) in [6.45, 7) is 15.6. The maximum atomic E-state index is 13.5. The predicted molar refractivity (Wildman–Crippen MR) is 154 cm³/mol. The van der Waals surface area contributed by atoms with Crippen molar-refractivity contribution >= 4 is 17.3 Å². The van der Waals surface area contributed by atoms with Gasteiger partial charge in [-0.2, -0.15) is 5.26 Å². The van der Waals surface area contributed by atoms with Gasteiger partial charge in [0.15, 0.2) is 0 Å². The second-order valence-corrected chi connectivity index (χ2v) is 11.0. The molecule has 2 aromatic rings. The third-order valence-electron chi connectivity index (χ3n) is 7.99. The zero-order chi connectivity index (χ0) is 27.6. The van der Waals surface area contributed by atoms with Gasteiger partial charge in [-0.3, -0.25) is 9.79 Å². The van der Waals surface area contributed by atoms with Gasteiger partial charge in [-0.25, -0.2) is 0 Å². The number of likely N-dealkylation sites (tertiary alicyclic amines) is 1. The van der Waals surface area contributed by atoms with Gasteiger partial charge in [-0.1, -0.05) is 18.2 Å². The summed E-state index contributed by atoms with van der Waals surface area (Å²) in [5.74, 6) is 0.356. The third kappa shape index (κ3) is 5.79. The fraction of sp³-hybridized carbons (Fsp3) is 0.438. The molecule has 0 unspecified atom stereocenters. The number of nitriles is 1. The number of aliphatic imine (C=N–C) groups is 1. The van der Waals surface area contributed by atoms with Gasteiger partial charge in [-0.05, 0) is 94.0 Å². The van der Waals surface area contributed by atoms with E-state index < -0.39 is 0 Å². The van der Waals surface area contributed by atoms with E-state index >= 15 is 0 Å². The normalized spacial score (nSPS) is 17.3. The molecule has 1 fully saturated rings. The van der Waals surface area contributed by atoms with Crippen molar-refractivity contribution in [2.24, 2.45) is 4.99 Å². The van der Waals surface area contributed by atoms with Crippen LogP contribution in [0.1, 0.15) is 84.6 Å². The number of carbonyl (C=O) groups excluding carboxylic acids is 1. The van der Waals surface area contributed by atoms with Gasteiger partial charge in [0.25, 0.3) is 5.91 Å². The number of hydrogen-bond acceptors (Lipinski definition) is 5. The number of rotatable bonds is 6. The SMILES string of the molecule is CC(=N)C1=C(N=C(C)c2cc(C(=O)N3CC(c4ccc(C#N)cc4)C3)c(C)cc2C)CCN(C(C)C)CC1. The van der Waals surface area contributed by atoms with E-state index in [1.165, 1.54) is 5.56 Å². The molecule has 0 saturated carbocycles. The van der Waals surface area contributed by atoms with Gasteiger partial charge in [-0.15, -0.1) is 0 Å². The molecule has 2 aliphatic rings. The van der Waals surface area contributed by atoms with Gasteiger partial charge < -0.3 is 15.2 Å². The molecule has 0 aliphatic carbocycles. The lowest BCUT2D eigenvalue weighted by atomic mass is 9.89. The standard InChI is InChI=1S/C32H39N5O/c1-20(2)36-13-11-28(23(5)34)31(12-14-36)35-24(6)29-16-30(22(4)15-21(29)3)32(38)37-18-27(19-37)26-9-7-25(17-33)8-10-26/h7-10,15-16,20,27,34H,11-14,18-19H2,1-6H3. The Bertz CT molecular complexity index is 1340. The molecule has 38 heavy (non-hydrogen) atoms. The molecular weight excluding hydrogens is 470 g/mol. The van der Waals surface area contributed by atoms with E-state index in [1.807, 2.05) is 56.0 Å². The van der Waals surface area contributed by atoms with Crippen LogP contribution in [0.25, 0.3) is 0 Å². The number of amides is 1. The molecule has 1 saturated heterocycles. The van der Waals surface area contributed by atoms with Crippen molar-refractivity contribution in [2.45, 2.75) is 66.3 Å². The van der Waals surface area contributed by atoms with Crippen LogP contribution in [-0.4, -0.2) is 59.4 Å². The number of carbonyl (C=O) groups is 1. The van der Waals surface area contributed by atoms with Crippen molar-refractivity contribution < 1.29 is 4.79 Å². The Morgan fingerprint density at radius 3 is 2.26 bits per heavy atom. The second kappa shape index (κ2) is 11.4. The molecule has 0 bridgehead atoms. The smallest absolute Gasteiger partial charge is 0.254 e. The molecule has 2 aliphatic heterocycles. The first-order valence-electron chi connectivity index (χ1n) is 13.6. The van der Waals surface area contributed by atoms with Crippen molar-refractivity contribution in [3.63, 3.8) is 0 Å². The van der Waals surface area contributed by atoms with Crippen LogP contribution in [-0.2, 0) is 0 Å². The fourth-order valence-corrected chi connectivity index (χ4v) is 5.55. The Kier molecular flexibility index (Phi) is 8.28. The Morgan fingerprint density at radius 2 is 1.66 bits per heavy atom. The number of nitrogens with one attached hydrogen (secondary N) is 1. The zero-order valence-corrected chi connectivity index (χ0v) is 23.6. The topological polar surface area (TPSA) is 83.5 Å². The van der Waals surface area contributed by atoms with Crippen molar-refractivity contribution in [2.75, 3.05) is 26.2 Å². The van der Waals surface area contributed by atoms with Crippen LogP contribution in [0.3, 0.4) is 0 Å². The molecular formula is C32H39N5O. The van der Waals surface area contributed by atoms with Crippen LogP contribution in [0.5, 0.6) is 0 Å². The largest absolute Gasteiger partial charge is 0.337 e. The van der Waals surface area contributed by atoms with Gasteiger partial charge in [0.2, 0.25) is 0 Å². The van der Waals surface area contributed by atoms with Crippen LogP contribution >= 0.6 is 0 Å². The van der Waals surface area contributed by atoms with Crippen LogP contribution in [0.2, 0.25) is 0 Å². The van der Waals surface area contributed by atoms with Gasteiger partial charge in [0, 0.05) is 67.2 Å². The molecule has 0 aromatic heterocycles. The van der Waals surface area contributed by atoms with Crippen molar-refractivity contribution in [3.8, 4) is 6.07 Å². The quantitative estimate of drug-likeness (QED) is 0.483. The van der Waals surface area contributed by atoms with E-state index in [1.54, 1.807) is 0 Å². The highest BCUT2D eigenvalue weighted by Crippen LogP contribution is 2.30. The summed E-state index contributed by atoms with van der Waals surface area (Å²) in [5, 5.41) is 17.4. The lowest BCUT2D eigenvalue weighted by Gasteiger charge is -2.40. The monoisotopic (exact) mass is 509 g/mol. The highest BCUT2D eigenvalue weighted by molar-refractivity contribution is 6.05. The minimum absolute atomic E-state index is 0.0544. The molecule has 0 spiro atoms. The van der Waals surface area contributed by atoms with E-state index in [0.717, 1.165) is 65.2 Å². The molecule has 1 amide bonds. The number of nitrogens with zero attached hydrogens (tertiary/aromatic N) is 4. The van der Waals surface area contributed by atoms with Crippen LogP contribution in [0.15, 0.2) is 52.7 Å². The first kappa shape index (κ1) is 27.5. The molecule has 4 rings (SSSR count). The van der Waals surface area contributed by atoms with E-state index in [2.05, 4.69) is 37.8 Å². The summed E-state index contributed by atoms with van der Waals surface area (Å²) in [6.07, 6.45) is 1.66. The lowest BCUT2D eigenvalue weighted by Crippen LogP contribution is -2.48. The number of aryl methyl sites for hydroxylation is 2. The summed E-state index contributed by atoms with van der Waals surface area (Å²) in [4.78, 5) is 22.9. The van der Waals surface area contributed by atoms with Gasteiger partial charge >= 0.3 is 0 Å². The van der Waals surface area contributed by atoms with Crippen molar-refractivity contribution in [1.29, 1.82) is 10.7 Å². The molecule has 2 heterocycles. The molecule has 1 N–H and O–H groups in total. The van der Waals surface area contributed by atoms with Gasteiger partial charge in [0.1, 0.15) is 0 Å². The fourth-order valence-electron chi connectivity index (χ4n) is 5.55. The highest BCUT2D eigenvalue weighted by atomic mass is 16.2. The van der Waals surface area contributed by atoms with Crippen LogP contribution in [0, 0.1) is 30.6 Å². The third-order valence-corrected chi connectivity index (χ3v) is 7.99. The van der Waals surface area contributed by atoms with Crippen molar-refractivity contribution in [3.05, 3.63) is 81.0 Å². The first-order valence-corrected chi connectivity index (χ1v) is 13.6. The minimum atomic E-state index is 0.0544. The summed E-state index contributed by atoms with van der Waals surface area (Å²) < 4.78 is 0. The maximum Gasteiger partial charge on any atom is 0.254 e. The van der Waals surface area contributed by atoms with Crippen LogP contribution in [0.4, 0.5) is 0 Å². The van der Waals surface area contributed by atoms with E-state index in [4.69, 9.17) is 15.7 Å². The summed E-state index contributed by atoms with van der Waals surface area (Å²) >= 11 is 0. The van der Waals surface area contributed by atoms with E-state index in [0.29, 0.717) is 36.3 Å². The number of benzene rings is 2. The molecule has 6 nitrogen and oxygen atoms in total. The Balaban J connectivity index is 1.56. The Morgan fingerprint density at radius 1 is 1.03 bits per heavy atom. The average Bonchev–Trinajstić information content (AvgIpc) is 3.06. The van der Waals surface area contributed by atoms with Crippen molar-refractivity contribution in [1.82, 2.24) is 9.80 Å². The zero-order valence-electron chi connectivity index (χ0n) is 23.6. The molecule has 198 valence electrons. The first-order chi connectivity index (χ1) is 18.1. The minimum Gasteiger partial charge on any atom is -0.337 e. The van der Waals surface area contributed by atoms with Crippen LogP contribution < -0.4 is 0 Å². The molecule has 2 aromatic carbocycles. The summed E-state index contributed by atoms with van der Waals surface area (Å²) in [6, 6.07) is 14.4. The molecule has 0 radical (unpaired) electrons. The predicted octanol–water partition coefficient (Wildman–Crippen LogP) is 6.02. The maximum absolute atomic E-state index is 13.5. The second-order valence-electron chi connectivity index (χ2n) is 11.0. The Labute approximate surface area is 227 Å². The Hall–Kier alpha value is -3.56. The van der Waals surface area contributed by atoms with E-state index in [9.17, 15) is 4.79 Å². The van der Waals surface area contributed by atoms with E-state index in [-0.39, 0.29) is 5.91 Å². The summed E-state index contributed by atoms with van der Waals surface area (Å²) in [7, 11) is 0. The molecule has 6 heteroatoms. The van der Waals surface area contributed by atoms with Gasteiger partial charge in [0.05, 0.1) is 11.6 Å². The number of hydrogen-bond donors (Lipinski definition) is 1. The highest BCUT2D eigenvalue weighted by Gasteiger charge is 2.33.